The number of aryl methyl sites for hydroxylation is 1. The van der Waals surface area contributed by atoms with Gasteiger partial charge >= 0.3 is 0 Å². The average molecular weight is 334 g/mol. The Morgan fingerprint density at radius 3 is 1.92 bits per heavy atom. The van der Waals surface area contributed by atoms with Crippen molar-refractivity contribution in [3.8, 4) is 0 Å². The third-order valence-electron chi connectivity index (χ3n) is 5.36. The normalized spacial score (nSPS) is 11.5. The van der Waals surface area contributed by atoms with E-state index >= 15 is 0 Å². The van der Waals surface area contributed by atoms with Crippen molar-refractivity contribution >= 4 is 49.4 Å². The zero-order valence-electron chi connectivity index (χ0n) is 14.4. The van der Waals surface area contributed by atoms with Crippen molar-refractivity contribution in [3.05, 3.63) is 84.4 Å². The summed E-state index contributed by atoms with van der Waals surface area (Å²) in [4.78, 5) is 10.7. The van der Waals surface area contributed by atoms with Crippen LogP contribution in [-0.4, -0.2) is 6.29 Å². The Morgan fingerprint density at radius 2 is 1.15 bits per heavy atom. The topological polar surface area (TPSA) is 17.1 Å². The molecule has 1 nitrogen and oxygen atoms in total. The van der Waals surface area contributed by atoms with Gasteiger partial charge in [0, 0.05) is 6.42 Å². The maximum Gasteiger partial charge on any atom is 0.120 e. The van der Waals surface area contributed by atoms with E-state index in [0.29, 0.717) is 6.42 Å². The highest BCUT2D eigenvalue weighted by Crippen LogP contribution is 2.34. The van der Waals surface area contributed by atoms with Gasteiger partial charge in [0.05, 0.1) is 0 Å². The molecule has 0 radical (unpaired) electrons. The molecule has 0 saturated heterocycles. The fourth-order valence-electron chi connectivity index (χ4n) is 4.06. The molecule has 5 rings (SSSR count). The van der Waals surface area contributed by atoms with E-state index in [9.17, 15) is 4.79 Å². The van der Waals surface area contributed by atoms with Crippen LogP contribution in [0.25, 0.3) is 43.1 Å². The minimum Gasteiger partial charge on any atom is -0.303 e. The van der Waals surface area contributed by atoms with Gasteiger partial charge in [-0.25, -0.2) is 0 Å². The van der Waals surface area contributed by atoms with Crippen LogP contribution in [0.3, 0.4) is 0 Å². The molecule has 5 aromatic carbocycles. The molecule has 0 atom stereocenters. The van der Waals surface area contributed by atoms with Crippen LogP contribution < -0.4 is 0 Å². The van der Waals surface area contributed by atoms with Crippen LogP contribution in [0.2, 0.25) is 0 Å². The van der Waals surface area contributed by atoms with Crippen molar-refractivity contribution in [3.63, 3.8) is 0 Å². The van der Waals surface area contributed by atoms with Gasteiger partial charge in [-0.1, -0.05) is 78.9 Å². The molecule has 0 spiro atoms. The van der Waals surface area contributed by atoms with Gasteiger partial charge < -0.3 is 4.79 Å². The predicted molar refractivity (Wildman–Crippen MR) is 111 cm³/mol. The van der Waals surface area contributed by atoms with Gasteiger partial charge in [-0.05, 0) is 55.1 Å². The highest BCUT2D eigenvalue weighted by molar-refractivity contribution is 6.22. The summed E-state index contributed by atoms with van der Waals surface area (Å²) in [6, 6.07) is 28.5. The molecule has 0 bridgehead atoms. The second kappa shape index (κ2) is 5.96. The molecule has 124 valence electrons. The summed E-state index contributed by atoms with van der Waals surface area (Å²) in [5.74, 6) is 0. The van der Waals surface area contributed by atoms with E-state index in [4.69, 9.17) is 0 Å². The fraction of sp³-hybridized carbons (Fsp3) is 0.0800. The van der Waals surface area contributed by atoms with Gasteiger partial charge in [0.1, 0.15) is 6.29 Å². The minimum absolute atomic E-state index is 0.575. The molecular formula is C25H18O. The molecule has 0 heterocycles. The lowest BCUT2D eigenvalue weighted by Gasteiger charge is -2.11. The van der Waals surface area contributed by atoms with E-state index in [2.05, 4.69) is 78.9 Å². The Morgan fingerprint density at radius 1 is 0.577 bits per heavy atom. The fourth-order valence-corrected chi connectivity index (χ4v) is 4.06. The number of carbonyl (C=O) groups excluding carboxylic acids is 1. The van der Waals surface area contributed by atoms with Gasteiger partial charge in [0.15, 0.2) is 0 Å². The Hall–Kier alpha value is -3.19. The molecular weight excluding hydrogens is 316 g/mol. The van der Waals surface area contributed by atoms with E-state index in [1.54, 1.807) is 0 Å². The smallest absolute Gasteiger partial charge is 0.120 e. The molecule has 0 aliphatic heterocycles. The molecule has 0 saturated carbocycles. The van der Waals surface area contributed by atoms with Crippen molar-refractivity contribution in [2.45, 2.75) is 12.8 Å². The third-order valence-corrected chi connectivity index (χ3v) is 5.36. The van der Waals surface area contributed by atoms with E-state index in [-0.39, 0.29) is 0 Å². The van der Waals surface area contributed by atoms with Crippen LogP contribution >= 0.6 is 0 Å². The van der Waals surface area contributed by atoms with Crippen LogP contribution in [0.4, 0.5) is 0 Å². The van der Waals surface area contributed by atoms with Crippen LogP contribution in [-0.2, 0) is 11.2 Å². The van der Waals surface area contributed by atoms with Gasteiger partial charge in [0.2, 0.25) is 0 Å². The Kier molecular flexibility index (Phi) is 3.46. The van der Waals surface area contributed by atoms with Gasteiger partial charge in [-0.3, -0.25) is 0 Å². The maximum absolute atomic E-state index is 10.7. The first-order valence-electron chi connectivity index (χ1n) is 9.04. The van der Waals surface area contributed by atoms with Crippen molar-refractivity contribution in [2.24, 2.45) is 0 Å². The molecule has 0 aliphatic rings. The van der Waals surface area contributed by atoms with E-state index in [1.165, 1.54) is 48.7 Å². The molecule has 5 aromatic rings. The molecule has 0 aromatic heterocycles. The quantitative estimate of drug-likeness (QED) is 0.274. The summed E-state index contributed by atoms with van der Waals surface area (Å²) in [6.45, 7) is 0. The number of benzene rings is 5. The first-order valence-corrected chi connectivity index (χ1v) is 9.04. The van der Waals surface area contributed by atoms with Crippen molar-refractivity contribution in [2.75, 3.05) is 0 Å². The number of hydrogen-bond acceptors (Lipinski definition) is 1. The molecule has 1 heteroatoms. The van der Waals surface area contributed by atoms with Crippen LogP contribution in [0.15, 0.2) is 78.9 Å². The molecule has 0 amide bonds. The zero-order chi connectivity index (χ0) is 17.5. The summed E-state index contributed by atoms with van der Waals surface area (Å²) < 4.78 is 0. The number of aldehydes is 1. The highest BCUT2D eigenvalue weighted by Gasteiger charge is 2.07. The molecule has 0 aliphatic carbocycles. The Balaban J connectivity index is 1.85. The third kappa shape index (κ3) is 2.28. The predicted octanol–water partition coefficient (Wildman–Crippen LogP) is 6.43. The van der Waals surface area contributed by atoms with Crippen LogP contribution in [0, 0.1) is 0 Å². The highest BCUT2D eigenvalue weighted by atomic mass is 16.1. The van der Waals surface area contributed by atoms with Crippen LogP contribution in [0.1, 0.15) is 12.0 Å². The van der Waals surface area contributed by atoms with Crippen molar-refractivity contribution in [1.29, 1.82) is 0 Å². The summed E-state index contributed by atoms with van der Waals surface area (Å²) >= 11 is 0. The lowest BCUT2D eigenvalue weighted by atomic mass is 9.93. The SMILES string of the molecule is O=CCCc1ccc2ccc3c(ccc4c5ccccc5ccc43)c2c1. The van der Waals surface area contributed by atoms with Crippen molar-refractivity contribution in [1.82, 2.24) is 0 Å². The summed E-state index contributed by atoms with van der Waals surface area (Å²) in [5, 5.41) is 10.2. The van der Waals surface area contributed by atoms with E-state index in [1.807, 2.05) is 0 Å². The van der Waals surface area contributed by atoms with Crippen molar-refractivity contribution < 1.29 is 4.79 Å². The van der Waals surface area contributed by atoms with E-state index < -0.39 is 0 Å². The first kappa shape index (κ1) is 15.1. The molecule has 0 fully saturated rings. The second-order valence-electron chi connectivity index (χ2n) is 6.87. The Labute approximate surface area is 151 Å². The summed E-state index contributed by atoms with van der Waals surface area (Å²) in [5.41, 5.74) is 1.22. The van der Waals surface area contributed by atoms with Gasteiger partial charge in [0.25, 0.3) is 0 Å². The standard InChI is InChI=1S/C25H18O/c26-15-3-4-17-7-8-19-10-12-23-22-11-9-18-5-1-2-6-20(18)21(22)13-14-24(23)25(19)16-17/h1-2,5-16H,3-4H2. The first-order chi connectivity index (χ1) is 12.8. The lowest BCUT2D eigenvalue weighted by molar-refractivity contribution is -0.107. The molecule has 0 unspecified atom stereocenters. The largest absolute Gasteiger partial charge is 0.303 e. The summed E-state index contributed by atoms with van der Waals surface area (Å²) in [7, 11) is 0. The number of hydrogen-bond donors (Lipinski definition) is 0. The maximum atomic E-state index is 10.7. The van der Waals surface area contributed by atoms with Crippen LogP contribution in [0.5, 0.6) is 0 Å². The number of rotatable bonds is 3. The van der Waals surface area contributed by atoms with E-state index in [0.717, 1.165) is 12.7 Å². The average Bonchev–Trinajstić information content (AvgIpc) is 2.71. The monoisotopic (exact) mass is 334 g/mol. The number of fused-ring (bicyclic) bond motifs is 7. The Bertz CT molecular complexity index is 1300. The summed E-state index contributed by atoms with van der Waals surface area (Å²) in [6.07, 6.45) is 2.37. The zero-order valence-corrected chi connectivity index (χ0v) is 14.4. The van der Waals surface area contributed by atoms with Gasteiger partial charge in [-0.2, -0.15) is 0 Å². The second-order valence-corrected chi connectivity index (χ2v) is 6.87. The minimum atomic E-state index is 0.575. The number of carbonyl (C=O) groups is 1. The van der Waals surface area contributed by atoms with Gasteiger partial charge in [-0.15, -0.1) is 0 Å². The lowest BCUT2D eigenvalue weighted by Crippen LogP contribution is -1.87. The molecule has 0 N–H and O–H groups in total. The molecule has 26 heavy (non-hydrogen) atoms.